The van der Waals surface area contributed by atoms with Gasteiger partial charge in [-0.15, -0.1) is 12.4 Å². The van der Waals surface area contributed by atoms with Crippen LogP contribution in [0, 0.1) is 5.92 Å². The summed E-state index contributed by atoms with van der Waals surface area (Å²) in [5.41, 5.74) is 7.47. The lowest BCUT2D eigenvalue weighted by Crippen LogP contribution is -2.41. The fourth-order valence-electron chi connectivity index (χ4n) is 2.50. The third-order valence-corrected chi connectivity index (χ3v) is 5.58. The Morgan fingerprint density at radius 1 is 1.39 bits per heavy atom. The Balaban J connectivity index is 0.00000264. The predicted octanol–water partition coefficient (Wildman–Crippen LogP) is 1.28. The molecule has 1 aromatic rings. The van der Waals surface area contributed by atoms with E-state index < -0.39 is 10.0 Å². The van der Waals surface area contributed by atoms with E-state index in [9.17, 15) is 13.2 Å². The molecule has 130 valence electrons. The van der Waals surface area contributed by atoms with Crippen LogP contribution in [0.25, 0.3) is 0 Å². The van der Waals surface area contributed by atoms with Gasteiger partial charge in [0, 0.05) is 24.8 Å². The number of hydrogen-bond acceptors (Lipinski definition) is 4. The Hall–Kier alpha value is -1.15. The molecule has 0 bridgehead atoms. The Labute approximate surface area is 143 Å². The summed E-state index contributed by atoms with van der Waals surface area (Å²) in [4.78, 5) is 14.3. The van der Waals surface area contributed by atoms with E-state index in [0.717, 1.165) is 12.0 Å². The zero-order valence-corrected chi connectivity index (χ0v) is 15.2. The molecule has 0 spiro atoms. The van der Waals surface area contributed by atoms with E-state index in [1.165, 1.54) is 0 Å². The fraction of sp³-hybridized carbons (Fsp3) is 0.533. The molecule has 23 heavy (non-hydrogen) atoms. The van der Waals surface area contributed by atoms with Gasteiger partial charge in [0.1, 0.15) is 0 Å². The minimum atomic E-state index is -3.53. The average molecular weight is 362 g/mol. The molecule has 0 radical (unpaired) electrons. The van der Waals surface area contributed by atoms with Crippen molar-refractivity contribution in [2.24, 2.45) is 11.7 Å². The minimum absolute atomic E-state index is 0. The lowest BCUT2D eigenvalue weighted by atomic mass is 10.0. The van der Waals surface area contributed by atoms with Crippen molar-refractivity contribution >= 4 is 34.0 Å². The molecule has 6 nitrogen and oxygen atoms in total. The summed E-state index contributed by atoms with van der Waals surface area (Å²) in [5, 5.41) is 0. The van der Waals surface area contributed by atoms with E-state index in [4.69, 9.17) is 5.73 Å². The molecule has 0 fully saturated rings. The largest absolute Gasteiger partial charge is 0.327 e. The van der Waals surface area contributed by atoms with Crippen LogP contribution in [0.1, 0.15) is 26.3 Å². The maximum atomic E-state index is 12.5. The normalized spacial score (nSPS) is 16.4. The molecule has 0 saturated carbocycles. The predicted molar refractivity (Wildman–Crippen MR) is 93.4 cm³/mol. The molecule has 1 amide bonds. The number of benzene rings is 1. The van der Waals surface area contributed by atoms with E-state index >= 15 is 0 Å². The highest BCUT2D eigenvalue weighted by atomic mass is 35.5. The maximum absolute atomic E-state index is 12.5. The van der Waals surface area contributed by atoms with E-state index in [1.54, 1.807) is 43.9 Å². The number of sulfonamides is 1. The summed E-state index contributed by atoms with van der Waals surface area (Å²) < 4.78 is 26.7. The number of carbonyl (C=O) groups is 1. The summed E-state index contributed by atoms with van der Waals surface area (Å²) in [6.45, 7) is 6.21. The highest BCUT2D eigenvalue weighted by Gasteiger charge is 2.30. The van der Waals surface area contributed by atoms with Gasteiger partial charge in [-0.1, -0.05) is 19.9 Å². The second-order valence-corrected chi connectivity index (χ2v) is 7.45. The number of nitrogens with zero attached hydrogens (tertiary/aromatic N) is 1. The third-order valence-electron chi connectivity index (χ3n) is 4.04. The van der Waals surface area contributed by atoms with Gasteiger partial charge in [0.15, 0.2) is 0 Å². The van der Waals surface area contributed by atoms with Crippen LogP contribution in [0.3, 0.4) is 0 Å². The summed E-state index contributed by atoms with van der Waals surface area (Å²) >= 11 is 0. The SMILES string of the molecule is CCNS(=O)(=O)c1ccc2c(c1)N(C(=O)C(C)C(C)N)CC2.Cl. The molecule has 0 aromatic heterocycles. The number of hydrogen-bond donors (Lipinski definition) is 2. The molecular weight excluding hydrogens is 338 g/mol. The zero-order chi connectivity index (χ0) is 16.5. The Morgan fingerprint density at radius 3 is 2.61 bits per heavy atom. The lowest BCUT2D eigenvalue weighted by molar-refractivity contribution is -0.122. The maximum Gasteiger partial charge on any atom is 0.240 e. The Bertz CT molecular complexity index is 677. The van der Waals surface area contributed by atoms with Crippen LogP contribution >= 0.6 is 12.4 Å². The molecule has 3 N–H and O–H groups in total. The van der Waals surface area contributed by atoms with Gasteiger partial charge >= 0.3 is 0 Å². The number of halogens is 1. The highest BCUT2D eigenvalue weighted by Crippen LogP contribution is 2.31. The van der Waals surface area contributed by atoms with Crippen molar-refractivity contribution in [1.29, 1.82) is 0 Å². The van der Waals surface area contributed by atoms with Crippen LogP contribution in [0.4, 0.5) is 5.69 Å². The van der Waals surface area contributed by atoms with Gasteiger partial charge in [-0.2, -0.15) is 0 Å². The smallest absolute Gasteiger partial charge is 0.240 e. The Morgan fingerprint density at radius 2 is 2.04 bits per heavy atom. The topological polar surface area (TPSA) is 92.5 Å². The first-order valence-corrected chi connectivity index (χ1v) is 8.95. The van der Waals surface area contributed by atoms with Crippen LogP contribution in [0.15, 0.2) is 23.1 Å². The van der Waals surface area contributed by atoms with Gasteiger partial charge in [-0.25, -0.2) is 13.1 Å². The van der Waals surface area contributed by atoms with Gasteiger partial charge < -0.3 is 10.6 Å². The van der Waals surface area contributed by atoms with Crippen molar-refractivity contribution in [3.63, 3.8) is 0 Å². The van der Waals surface area contributed by atoms with Crippen LogP contribution in [0.2, 0.25) is 0 Å². The van der Waals surface area contributed by atoms with Crippen molar-refractivity contribution in [1.82, 2.24) is 4.72 Å². The first-order valence-electron chi connectivity index (χ1n) is 7.47. The number of nitrogens with two attached hydrogens (primary N) is 1. The van der Waals surface area contributed by atoms with E-state index in [2.05, 4.69) is 4.72 Å². The highest BCUT2D eigenvalue weighted by molar-refractivity contribution is 7.89. The van der Waals surface area contributed by atoms with Crippen molar-refractivity contribution < 1.29 is 13.2 Å². The van der Waals surface area contributed by atoms with Crippen molar-refractivity contribution in [3.8, 4) is 0 Å². The molecule has 1 heterocycles. The van der Waals surface area contributed by atoms with E-state index in [0.29, 0.717) is 18.8 Å². The van der Waals surface area contributed by atoms with Gasteiger partial charge in [0.05, 0.1) is 10.8 Å². The van der Waals surface area contributed by atoms with Gasteiger partial charge in [0.25, 0.3) is 0 Å². The molecule has 2 atom stereocenters. The Kier molecular flexibility index (Phi) is 6.59. The fourth-order valence-corrected chi connectivity index (χ4v) is 3.56. The summed E-state index contributed by atoms with van der Waals surface area (Å²) in [6.07, 6.45) is 0.730. The molecule has 0 saturated heterocycles. The molecular formula is C15H24ClN3O3S. The quantitative estimate of drug-likeness (QED) is 0.826. The van der Waals surface area contributed by atoms with Crippen LogP contribution in [0.5, 0.6) is 0 Å². The minimum Gasteiger partial charge on any atom is -0.327 e. The number of fused-ring (bicyclic) bond motifs is 1. The number of carbonyl (C=O) groups excluding carboxylic acids is 1. The third kappa shape index (κ3) is 4.03. The summed E-state index contributed by atoms with van der Waals surface area (Å²) in [5.74, 6) is -0.369. The first kappa shape index (κ1) is 19.9. The van der Waals surface area contributed by atoms with Gasteiger partial charge in [-0.3, -0.25) is 4.79 Å². The molecule has 8 heteroatoms. The zero-order valence-electron chi connectivity index (χ0n) is 13.6. The molecule has 1 aromatic carbocycles. The molecule has 1 aliphatic rings. The number of rotatable bonds is 5. The van der Waals surface area contributed by atoms with Gasteiger partial charge in [0.2, 0.25) is 15.9 Å². The van der Waals surface area contributed by atoms with Crippen LogP contribution in [-0.4, -0.2) is 33.5 Å². The molecule has 2 rings (SSSR count). The number of nitrogens with one attached hydrogen (secondary N) is 1. The number of amides is 1. The van der Waals surface area contributed by atoms with Crippen molar-refractivity contribution in [2.45, 2.75) is 38.1 Å². The van der Waals surface area contributed by atoms with Crippen molar-refractivity contribution in [2.75, 3.05) is 18.0 Å². The first-order chi connectivity index (χ1) is 10.3. The standard InChI is InChI=1S/C15H23N3O3S.ClH/c1-4-17-22(20,21)13-6-5-12-7-8-18(14(12)9-13)15(19)10(2)11(3)16;/h5-6,9-11,17H,4,7-8,16H2,1-3H3;1H. The van der Waals surface area contributed by atoms with Crippen molar-refractivity contribution in [3.05, 3.63) is 23.8 Å². The molecule has 1 aliphatic heterocycles. The number of anilines is 1. The van der Waals surface area contributed by atoms with E-state index in [1.807, 2.05) is 0 Å². The summed E-state index contributed by atoms with van der Waals surface area (Å²) in [6, 6.07) is 4.69. The summed E-state index contributed by atoms with van der Waals surface area (Å²) in [7, 11) is -3.53. The lowest BCUT2D eigenvalue weighted by Gasteiger charge is -2.24. The molecule has 0 aliphatic carbocycles. The second kappa shape index (κ2) is 7.61. The van der Waals surface area contributed by atoms with Crippen LogP contribution < -0.4 is 15.4 Å². The monoisotopic (exact) mass is 361 g/mol. The average Bonchev–Trinajstić information content (AvgIpc) is 2.88. The van der Waals surface area contributed by atoms with Crippen LogP contribution in [-0.2, 0) is 21.2 Å². The van der Waals surface area contributed by atoms with E-state index in [-0.39, 0.29) is 35.2 Å². The molecule has 2 unspecified atom stereocenters. The second-order valence-electron chi connectivity index (χ2n) is 5.68. The van der Waals surface area contributed by atoms with Gasteiger partial charge in [-0.05, 0) is 31.0 Å².